The predicted molar refractivity (Wildman–Crippen MR) is 78.9 cm³/mol. The summed E-state index contributed by atoms with van der Waals surface area (Å²) in [5.74, 6) is 1.92. The third kappa shape index (κ3) is 3.20. The summed E-state index contributed by atoms with van der Waals surface area (Å²) >= 11 is 6.17. The van der Waals surface area contributed by atoms with Gasteiger partial charge in [0.2, 0.25) is 12.7 Å². The second-order valence-electron chi connectivity index (χ2n) is 4.64. The number of hydrogen-bond acceptors (Lipinski definition) is 5. The number of halogens is 1. The van der Waals surface area contributed by atoms with E-state index >= 15 is 0 Å². The zero-order chi connectivity index (χ0) is 14.7. The third-order valence-corrected chi connectivity index (χ3v) is 3.33. The molecule has 0 amide bonds. The molecule has 0 fully saturated rings. The van der Waals surface area contributed by atoms with E-state index in [4.69, 9.17) is 25.8 Å². The maximum atomic E-state index is 6.17. The monoisotopic (exact) mass is 306 g/mol. The number of fused-ring (bicyclic) bond motifs is 1. The molecule has 0 aliphatic carbocycles. The Kier molecular flexibility index (Phi) is 4.13. The van der Waals surface area contributed by atoms with Crippen molar-refractivity contribution in [3.63, 3.8) is 0 Å². The average Bonchev–Trinajstić information content (AvgIpc) is 2.94. The van der Waals surface area contributed by atoms with Crippen LogP contribution >= 0.6 is 11.6 Å². The largest absolute Gasteiger partial charge is 0.472 e. The lowest BCUT2D eigenvalue weighted by Gasteiger charge is -2.09. The lowest BCUT2D eigenvalue weighted by molar-refractivity contribution is 0.174. The van der Waals surface area contributed by atoms with Crippen LogP contribution in [0.15, 0.2) is 30.5 Å². The van der Waals surface area contributed by atoms with E-state index in [2.05, 4.69) is 10.3 Å². The van der Waals surface area contributed by atoms with Crippen molar-refractivity contribution in [2.75, 3.05) is 13.8 Å². The molecule has 110 valence electrons. The van der Waals surface area contributed by atoms with Crippen molar-refractivity contribution in [3.05, 3.63) is 46.6 Å². The van der Waals surface area contributed by atoms with Crippen LogP contribution in [0.5, 0.6) is 17.4 Å². The summed E-state index contributed by atoms with van der Waals surface area (Å²) in [6.45, 7) is 1.35. The molecule has 1 aliphatic rings. The summed E-state index contributed by atoms with van der Waals surface area (Å²) in [6, 6.07) is 7.54. The van der Waals surface area contributed by atoms with E-state index in [0.717, 1.165) is 29.2 Å². The topological polar surface area (TPSA) is 52.6 Å². The van der Waals surface area contributed by atoms with Gasteiger partial charge < -0.3 is 19.5 Å². The van der Waals surface area contributed by atoms with E-state index < -0.39 is 0 Å². The first-order valence-electron chi connectivity index (χ1n) is 6.56. The van der Waals surface area contributed by atoms with Crippen LogP contribution in [0.4, 0.5) is 0 Å². The Bertz CT molecular complexity index is 649. The van der Waals surface area contributed by atoms with Crippen molar-refractivity contribution in [2.24, 2.45) is 0 Å². The highest BCUT2D eigenvalue weighted by Gasteiger charge is 2.13. The molecular formula is C15H15ClN2O3. The molecule has 1 N–H and O–H groups in total. The maximum absolute atomic E-state index is 6.17. The van der Waals surface area contributed by atoms with E-state index in [1.54, 1.807) is 6.20 Å². The van der Waals surface area contributed by atoms with Gasteiger partial charge in [0.1, 0.15) is 11.6 Å². The number of aromatic nitrogens is 1. The van der Waals surface area contributed by atoms with Crippen LogP contribution < -0.4 is 19.5 Å². The molecule has 0 unspecified atom stereocenters. The molecular weight excluding hydrogens is 292 g/mol. The summed E-state index contributed by atoms with van der Waals surface area (Å²) < 4.78 is 16.3. The van der Waals surface area contributed by atoms with Gasteiger partial charge >= 0.3 is 0 Å². The smallest absolute Gasteiger partial charge is 0.232 e. The molecule has 1 aliphatic heterocycles. The van der Waals surface area contributed by atoms with E-state index in [0.29, 0.717) is 17.5 Å². The Balaban J connectivity index is 1.67. The van der Waals surface area contributed by atoms with Crippen LogP contribution in [0.3, 0.4) is 0 Å². The van der Waals surface area contributed by atoms with Crippen molar-refractivity contribution >= 4 is 11.6 Å². The van der Waals surface area contributed by atoms with Crippen LogP contribution in [-0.4, -0.2) is 18.8 Å². The Labute approximate surface area is 127 Å². The van der Waals surface area contributed by atoms with Crippen molar-refractivity contribution in [1.82, 2.24) is 10.3 Å². The van der Waals surface area contributed by atoms with Crippen LogP contribution in [-0.2, 0) is 13.2 Å². The molecule has 21 heavy (non-hydrogen) atoms. The average molecular weight is 307 g/mol. The van der Waals surface area contributed by atoms with Gasteiger partial charge in [0.15, 0.2) is 11.5 Å². The lowest BCUT2D eigenvalue weighted by Crippen LogP contribution is -2.06. The first-order chi connectivity index (χ1) is 10.3. The normalized spacial score (nSPS) is 12.5. The summed E-state index contributed by atoms with van der Waals surface area (Å²) in [7, 11) is 1.87. The first-order valence-corrected chi connectivity index (χ1v) is 6.94. The van der Waals surface area contributed by atoms with Gasteiger partial charge in [-0.25, -0.2) is 4.98 Å². The minimum absolute atomic E-state index is 0.264. The number of rotatable bonds is 5. The van der Waals surface area contributed by atoms with E-state index in [-0.39, 0.29) is 6.79 Å². The number of nitrogens with one attached hydrogen (secondary N) is 1. The molecule has 0 saturated heterocycles. The molecule has 2 heterocycles. The van der Waals surface area contributed by atoms with Crippen molar-refractivity contribution in [3.8, 4) is 17.4 Å². The Hall–Kier alpha value is -1.98. The molecule has 1 aromatic heterocycles. The molecule has 2 aromatic rings. The van der Waals surface area contributed by atoms with Crippen LogP contribution in [0, 0.1) is 0 Å². The number of nitrogens with zero attached hydrogens (tertiary/aromatic N) is 1. The number of ether oxygens (including phenoxy) is 3. The van der Waals surface area contributed by atoms with Crippen LogP contribution in [0.25, 0.3) is 0 Å². The van der Waals surface area contributed by atoms with E-state index in [9.17, 15) is 0 Å². The van der Waals surface area contributed by atoms with Gasteiger partial charge in [-0.2, -0.15) is 0 Å². The van der Waals surface area contributed by atoms with Crippen LogP contribution in [0.1, 0.15) is 11.1 Å². The molecule has 0 spiro atoms. The van der Waals surface area contributed by atoms with E-state index in [1.807, 2.05) is 31.3 Å². The molecule has 1 aromatic carbocycles. The Morgan fingerprint density at radius 2 is 2.10 bits per heavy atom. The van der Waals surface area contributed by atoms with Gasteiger partial charge in [0, 0.05) is 12.7 Å². The van der Waals surface area contributed by atoms with Gasteiger partial charge in [-0.1, -0.05) is 17.7 Å². The Morgan fingerprint density at radius 3 is 2.90 bits per heavy atom. The number of benzene rings is 1. The second kappa shape index (κ2) is 6.20. The molecule has 6 heteroatoms. The highest BCUT2D eigenvalue weighted by Crippen LogP contribution is 2.33. The number of pyridine rings is 1. The highest BCUT2D eigenvalue weighted by molar-refractivity contribution is 6.31. The maximum Gasteiger partial charge on any atom is 0.232 e. The van der Waals surface area contributed by atoms with Gasteiger partial charge in [-0.3, -0.25) is 0 Å². The lowest BCUT2D eigenvalue weighted by atomic mass is 10.2. The number of hydrogen-bond donors (Lipinski definition) is 1. The molecule has 3 rings (SSSR count). The zero-order valence-corrected chi connectivity index (χ0v) is 12.3. The molecule has 0 bridgehead atoms. The zero-order valence-electron chi connectivity index (χ0n) is 11.6. The molecule has 0 atom stereocenters. The first kappa shape index (κ1) is 14.0. The fourth-order valence-corrected chi connectivity index (χ4v) is 2.30. The standard InChI is InChI=1S/C15H15ClN2O3/c1-17-6-11-4-12(16)15(18-7-11)19-8-10-2-3-13-14(5-10)21-9-20-13/h2-5,7,17H,6,8-9H2,1H3. The van der Waals surface area contributed by atoms with Crippen molar-refractivity contribution < 1.29 is 14.2 Å². The summed E-state index contributed by atoms with van der Waals surface area (Å²) in [5.41, 5.74) is 1.98. The van der Waals surface area contributed by atoms with Gasteiger partial charge in [-0.15, -0.1) is 0 Å². The third-order valence-electron chi connectivity index (χ3n) is 3.06. The summed E-state index contributed by atoms with van der Waals surface area (Å²) in [6.07, 6.45) is 1.75. The predicted octanol–water partition coefficient (Wildman–Crippen LogP) is 2.76. The Morgan fingerprint density at radius 1 is 1.24 bits per heavy atom. The molecule has 5 nitrogen and oxygen atoms in total. The minimum atomic E-state index is 0.264. The van der Waals surface area contributed by atoms with Crippen molar-refractivity contribution in [1.29, 1.82) is 0 Å². The molecule has 0 radical (unpaired) electrons. The van der Waals surface area contributed by atoms with Crippen LogP contribution in [0.2, 0.25) is 5.02 Å². The quantitative estimate of drug-likeness (QED) is 0.920. The van der Waals surface area contributed by atoms with Gasteiger partial charge in [-0.05, 0) is 36.4 Å². The van der Waals surface area contributed by atoms with Gasteiger partial charge in [0.05, 0.1) is 0 Å². The highest BCUT2D eigenvalue weighted by atomic mass is 35.5. The van der Waals surface area contributed by atoms with E-state index in [1.165, 1.54) is 0 Å². The second-order valence-corrected chi connectivity index (χ2v) is 5.04. The molecule has 0 saturated carbocycles. The SMILES string of the molecule is CNCc1cnc(OCc2ccc3c(c2)OCO3)c(Cl)c1. The minimum Gasteiger partial charge on any atom is -0.472 e. The van der Waals surface area contributed by atoms with Gasteiger partial charge in [0.25, 0.3) is 0 Å². The van der Waals surface area contributed by atoms with Crippen molar-refractivity contribution in [2.45, 2.75) is 13.2 Å². The fourth-order valence-electron chi connectivity index (χ4n) is 2.05. The summed E-state index contributed by atoms with van der Waals surface area (Å²) in [5, 5.41) is 3.55. The fraction of sp³-hybridized carbons (Fsp3) is 0.267. The summed E-state index contributed by atoms with van der Waals surface area (Å²) in [4.78, 5) is 4.23.